The molecule has 0 saturated heterocycles. The van der Waals surface area contributed by atoms with Crippen molar-refractivity contribution >= 4 is 62.9 Å². The molecule has 1 N–H and O–H groups in total. The molecule has 3 aromatic rings. The highest BCUT2D eigenvalue weighted by Gasteiger charge is 2.13. The van der Waals surface area contributed by atoms with Gasteiger partial charge in [-0.3, -0.25) is 4.79 Å². The van der Waals surface area contributed by atoms with E-state index in [0.29, 0.717) is 29.4 Å². The maximum absolute atomic E-state index is 13.4. The third-order valence-electron chi connectivity index (χ3n) is 4.37. The second-order valence-electron chi connectivity index (χ2n) is 6.82. The molecule has 0 saturated carbocycles. The number of carbonyl (C=O) groups is 1. The summed E-state index contributed by atoms with van der Waals surface area (Å²) < 4.78 is 26.3. The van der Waals surface area contributed by atoms with Gasteiger partial charge in [0.05, 0.1) is 13.7 Å². The fraction of sp³-hybridized carbons (Fsp3) is 0.120. The lowest BCUT2D eigenvalue weighted by Gasteiger charge is -2.12. The summed E-state index contributed by atoms with van der Waals surface area (Å²) in [5, 5.41) is 12.3. The largest absolute Gasteiger partial charge is 0.494 e. The standard InChI is InChI=1S/C25H19FI2N2O3/c1-2-32-21-8-4-7-20(13-21)30-25(31)18(14-29)9-17-11-22(27)24(23(28)12-17)33-15-16-5-3-6-19(26)10-16/h3-13H,2,15H2,1H3,(H,30,31)/b18-9-. The first-order valence-electron chi connectivity index (χ1n) is 9.92. The molecule has 0 radical (unpaired) electrons. The minimum absolute atomic E-state index is 0.0307. The molecule has 3 rings (SSSR count). The van der Waals surface area contributed by atoms with E-state index in [1.165, 1.54) is 18.2 Å². The molecule has 0 aliphatic rings. The maximum atomic E-state index is 13.4. The van der Waals surface area contributed by atoms with Crippen molar-refractivity contribution in [3.8, 4) is 17.6 Å². The zero-order valence-corrected chi connectivity index (χ0v) is 21.9. The molecule has 1 amide bonds. The van der Waals surface area contributed by atoms with Crippen molar-refractivity contribution in [1.82, 2.24) is 0 Å². The van der Waals surface area contributed by atoms with Gasteiger partial charge in [-0.25, -0.2) is 4.39 Å². The second-order valence-corrected chi connectivity index (χ2v) is 9.14. The molecule has 0 aliphatic heterocycles. The van der Waals surface area contributed by atoms with E-state index >= 15 is 0 Å². The van der Waals surface area contributed by atoms with E-state index in [2.05, 4.69) is 50.5 Å². The molecule has 8 heteroatoms. The Morgan fingerprint density at radius 3 is 2.48 bits per heavy atom. The van der Waals surface area contributed by atoms with Crippen molar-refractivity contribution in [2.45, 2.75) is 13.5 Å². The number of rotatable bonds is 8. The van der Waals surface area contributed by atoms with E-state index in [4.69, 9.17) is 9.47 Å². The predicted octanol–water partition coefficient (Wildman–Crippen LogP) is 6.56. The van der Waals surface area contributed by atoms with Gasteiger partial charge >= 0.3 is 0 Å². The Morgan fingerprint density at radius 2 is 1.82 bits per heavy atom. The minimum Gasteiger partial charge on any atom is -0.494 e. The number of benzene rings is 3. The van der Waals surface area contributed by atoms with Gasteiger partial charge < -0.3 is 14.8 Å². The summed E-state index contributed by atoms with van der Waals surface area (Å²) in [5.41, 5.74) is 1.92. The van der Waals surface area contributed by atoms with Crippen LogP contribution < -0.4 is 14.8 Å². The first kappa shape index (κ1) is 25.0. The summed E-state index contributed by atoms with van der Waals surface area (Å²) in [7, 11) is 0. The van der Waals surface area contributed by atoms with Crippen molar-refractivity contribution in [3.63, 3.8) is 0 Å². The van der Waals surface area contributed by atoms with Gasteiger partial charge in [-0.1, -0.05) is 18.2 Å². The molecule has 0 fully saturated rings. The summed E-state index contributed by atoms with van der Waals surface area (Å²) in [4.78, 5) is 12.6. The zero-order chi connectivity index (χ0) is 23.8. The van der Waals surface area contributed by atoms with Crippen molar-refractivity contribution in [2.75, 3.05) is 11.9 Å². The first-order valence-corrected chi connectivity index (χ1v) is 12.1. The van der Waals surface area contributed by atoms with Crippen LogP contribution in [0.3, 0.4) is 0 Å². The molecule has 5 nitrogen and oxygen atoms in total. The lowest BCUT2D eigenvalue weighted by molar-refractivity contribution is -0.112. The first-order chi connectivity index (χ1) is 15.9. The van der Waals surface area contributed by atoms with Gasteiger partial charge in [0, 0.05) is 11.8 Å². The van der Waals surface area contributed by atoms with Crippen LogP contribution in [0.2, 0.25) is 0 Å². The van der Waals surface area contributed by atoms with Crippen LogP contribution in [0.1, 0.15) is 18.1 Å². The normalized spacial score (nSPS) is 10.9. The Morgan fingerprint density at radius 1 is 1.09 bits per heavy atom. The van der Waals surface area contributed by atoms with Gasteiger partial charge in [0.1, 0.15) is 35.6 Å². The molecule has 33 heavy (non-hydrogen) atoms. The summed E-state index contributed by atoms with van der Waals surface area (Å²) in [6, 6.07) is 18.8. The quantitative estimate of drug-likeness (QED) is 0.168. The number of hydrogen-bond donors (Lipinski definition) is 1. The Hall–Kier alpha value is -2.65. The molecular formula is C25H19FI2N2O3. The fourth-order valence-electron chi connectivity index (χ4n) is 2.93. The van der Waals surface area contributed by atoms with Crippen molar-refractivity contribution in [3.05, 3.63) is 90.3 Å². The number of ether oxygens (including phenoxy) is 2. The number of anilines is 1. The highest BCUT2D eigenvalue weighted by Crippen LogP contribution is 2.30. The average Bonchev–Trinajstić information content (AvgIpc) is 2.77. The van der Waals surface area contributed by atoms with Gasteiger partial charge in [-0.2, -0.15) is 5.26 Å². The Labute approximate surface area is 218 Å². The van der Waals surface area contributed by atoms with E-state index in [0.717, 1.165) is 12.7 Å². The monoisotopic (exact) mass is 668 g/mol. The average molecular weight is 668 g/mol. The lowest BCUT2D eigenvalue weighted by Crippen LogP contribution is -2.13. The fourth-order valence-corrected chi connectivity index (χ4v) is 5.05. The molecule has 3 aromatic carbocycles. The van der Waals surface area contributed by atoms with Crippen LogP contribution >= 0.6 is 45.2 Å². The Balaban J connectivity index is 1.76. The molecule has 0 spiro atoms. The number of nitrogens with zero attached hydrogens (tertiary/aromatic N) is 1. The van der Waals surface area contributed by atoms with Crippen molar-refractivity contribution in [2.24, 2.45) is 0 Å². The van der Waals surface area contributed by atoms with Crippen LogP contribution in [0.4, 0.5) is 10.1 Å². The molecule has 168 valence electrons. The minimum atomic E-state index is -0.511. The Bertz CT molecular complexity index is 1220. The molecule has 0 aromatic heterocycles. The van der Waals surface area contributed by atoms with Gasteiger partial charge in [-0.15, -0.1) is 0 Å². The number of hydrogen-bond acceptors (Lipinski definition) is 4. The van der Waals surface area contributed by atoms with E-state index < -0.39 is 5.91 Å². The molecule has 0 bridgehead atoms. The molecule has 0 heterocycles. The number of amides is 1. The predicted molar refractivity (Wildman–Crippen MR) is 142 cm³/mol. The summed E-state index contributed by atoms with van der Waals surface area (Å²) >= 11 is 4.27. The van der Waals surface area contributed by atoms with Crippen molar-refractivity contribution < 1.29 is 18.7 Å². The van der Waals surface area contributed by atoms with E-state index in [-0.39, 0.29) is 18.0 Å². The summed E-state index contributed by atoms with van der Waals surface area (Å²) in [5.74, 6) is 0.472. The number of carbonyl (C=O) groups excluding carboxylic acids is 1. The summed E-state index contributed by atoms with van der Waals surface area (Å²) in [6.07, 6.45) is 1.53. The zero-order valence-electron chi connectivity index (χ0n) is 17.6. The van der Waals surface area contributed by atoms with Crippen LogP contribution in [-0.4, -0.2) is 12.5 Å². The van der Waals surface area contributed by atoms with Gasteiger partial charge in [0.2, 0.25) is 0 Å². The van der Waals surface area contributed by atoms with Gasteiger partial charge in [-0.05, 0) is 106 Å². The van der Waals surface area contributed by atoms with Crippen LogP contribution in [0.15, 0.2) is 66.2 Å². The number of halogens is 3. The van der Waals surface area contributed by atoms with E-state index in [1.807, 2.05) is 25.1 Å². The van der Waals surface area contributed by atoms with Crippen LogP contribution in [0, 0.1) is 24.3 Å². The van der Waals surface area contributed by atoms with Gasteiger partial charge in [0.15, 0.2) is 0 Å². The van der Waals surface area contributed by atoms with E-state index in [9.17, 15) is 14.4 Å². The SMILES string of the molecule is CCOc1cccc(NC(=O)/C(C#N)=C\c2cc(I)c(OCc3cccc(F)c3)c(I)c2)c1. The van der Waals surface area contributed by atoms with Gasteiger partial charge in [0.25, 0.3) is 5.91 Å². The molecule has 0 atom stereocenters. The maximum Gasteiger partial charge on any atom is 0.266 e. The third kappa shape index (κ3) is 7.17. The third-order valence-corrected chi connectivity index (χ3v) is 5.97. The summed E-state index contributed by atoms with van der Waals surface area (Å²) in [6.45, 7) is 2.62. The van der Waals surface area contributed by atoms with E-state index in [1.54, 1.807) is 36.4 Å². The van der Waals surface area contributed by atoms with Crippen LogP contribution in [0.25, 0.3) is 6.08 Å². The molecular weight excluding hydrogens is 649 g/mol. The highest BCUT2D eigenvalue weighted by molar-refractivity contribution is 14.1. The van der Waals surface area contributed by atoms with Crippen LogP contribution in [0.5, 0.6) is 11.5 Å². The second kappa shape index (κ2) is 12.0. The topological polar surface area (TPSA) is 71.3 Å². The van der Waals surface area contributed by atoms with Crippen molar-refractivity contribution in [1.29, 1.82) is 5.26 Å². The molecule has 0 aliphatic carbocycles. The highest BCUT2D eigenvalue weighted by atomic mass is 127. The Kier molecular flexibility index (Phi) is 9.08. The van der Waals surface area contributed by atoms with Crippen LogP contribution in [-0.2, 0) is 11.4 Å². The lowest BCUT2D eigenvalue weighted by atomic mass is 10.1. The number of nitriles is 1. The molecule has 0 unspecified atom stereocenters. The smallest absolute Gasteiger partial charge is 0.266 e. The number of nitrogens with one attached hydrogen (secondary N) is 1.